The molecule has 3 aromatic heterocycles. The largest absolute Gasteiger partial charge is 0.425 e. The number of pyridine rings is 1. The minimum Gasteiger partial charge on any atom is -0.425 e. The molecule has 8 nitrogen and oxygen atoms in total. The Labute approximate surface area is 179 Å². The van der Waals surface area contributed by atoms with Crippen molar-refractivity contribution in [2.24, 2.45) is 0 Å². The topological polar surface area (TPSA) is 97.0 Å². The highest BCUT2D eigenvalue weighted by atomic mass is 32.1. The summed E-state index contributed by atoms with van der Waals surface area (Å²) in [6, 6.07) is 4.08. The molecule has 0 aliphatic carbocycles. The van der Waals surface area contributed by atoms with Crippen molar-refractivity contribution in [3.63, 3.8) is 0 Å². The van der Waals surface area contributed by atoms with E-state index in [1.807, 2.05) is 37.1 Å². The van der Waals surface area contributed by atoms with Crippen molar-refractivity contribution in [2.75, 3.05) is 18.4 Å². The summed E-state index contributed by atoms with van der Waals surface area (Å²) in [4.78, 5) is 23.6. The second-order valence-corrected chi connectivity index (χ2v) is 8.79. The van der Waals surface area contributed by atoms with Gasteiger partial charge in [0.25, 0.3) is 0 Å². The van der Waals surface area contributed by atoms with E-state index in [0.29, 0.717) is 31.2 Å². The van der Waals surface area contributed by atoms with Crippen LogP contribution in [-0.4, -0.2) is 44.1 Å². The molecule has 1 saturated heterocycles. The molecule has 1 aliphatic heterocycles. The van der Waals surface area contributed by atoms with Gasteiger partial charge >= 0.3 is 0 Å². The second kappa shape index (κ2) is 8.91. The first-order chi connectivity index (χ1) is 14.5. The predicted octanol–water partition coefficient (Wildman–Crippen LogP) is 4.05. The number of carbonyl (C=O) groups is 1. The summed E-state index contributed by atoms with van der Waals surface area (Å²) in [5.74, 6) is 1.70. The fourth-order valence-corrected chi connectivity index (χ4v) is 4.13. The van der Waals surface area contributed by atoms with Gasteiger partial charge in [0, 0.05) is 66.4 Å². The lowest BCUT2D eigenvalue weighted by molar-refractivity contribution is -0.130. The van der Waals surface area contributed by atoms with Crippen LogP contribution in [0.4, 0.5) is 10.8 Å². The maximum Gasteiger partial charge on any atom is 0.223 e. The maximum atomic E-state index is 12.7. The standard InChI is InChI=1S/C21H26N6O2S/c1-13(2)20-26-25-18(29-20)4-5-19(28)27-8-6-15(12-27)17-11-16(10-14(3)23-17)24-21-22-7-9-30-21/h7,9-11,13,15H,4-6,8,12H2,1-3H3,(H,22,23,24). The third kappa shape index (κ3) is 4.84. The number of rotatable bonds is 7. The van der Waals surface area contributed by atoms with Crippen molar-refractivity contribution in [3.8, 4) is 0 Å². The molecule has 0 saturated carbocycles. The molecule has 1 fully saturated rings. The van der Waals surface area contributed by atoms with E-state index < -0.39 is 0 Å². The molecule has 9 heteroatoms. The summed E-state index contributed by atoms with van der Waals surface area (Å²) < 4.78 is 5.60. The zero-order valence-electron chi connectivity index (χ0n) is 17.5. The summed E-state index contributed by atoms with van der Waals surface area (Å²) >= 11 is 1.56. The Bertz CT molecular complexity index is 1000. The van der Waals surface area contributed by atoms with Crippen LogP contribution in [0.15, 0.2) is 28.1 Å². The van der Waals surface area contributed by atoms with Gasteiger partial charge in [0.1, 0.15) is 0 Å². The van der Waals surface area contributed by atoms with Crippen molar-refractivity contribution in [1.82, 2.24) is 25.1 Å². The molecular formula is C21H26N6O2S. The molecule has 1 atom stereocenters. The Morgan fingerprint density at radius 2 is 2.23 bits per heavy atom. The van der Waals surface area contributed by atoms with Crippen LogP contribution in [0.2, 0.25) is 0 Å². The highest BCUT2D eigenvalue weighted by molar-refractivity contribution is 7.13. The van der Waals surface area contributed by atoms with Crippen LogP contribution in [0.1, 0.15) is 61.7 Å². The Balaban J connectivity index is 1.35. The summed E-state index contributed by atoms with van der Waals surface area (Å²) in [7, 11) is 0. The van der Waals surface area contributed by atoms with Gasteiger partial charge in [-0.05, 0) is 25.5 Å². The first kappa shape index (κ1) is 20.5. The number of thiazole rings is 1. The molecule has 4 rings (SSSR count). The molecular weight excluding hydrogens is 400 g/mol. The average molecular weight is 427 g/mol. The van der Waals surface area contributed by atoms with Gasteiger partial charge in [0.15, 0.2) is 5.13 Å². The van der Waals surface area contributed by atoms with Gasteiger partial charge in [0.2, 0.25) is 17.7 Å². The van der Waals surface area contributed by atoms with Crippen LogP contribution >= 0.6 is 11.3 Å². The second-order valence-electron chi connectivity index (χ2n) is 7.90. The predicted molar refractivity (Wildman–Crippen MR) is 115 cm³/mol. The molecule has 0 radical (unpaired) electrons. The number of aromatic nitrogens is 4. The number of nitrogens with zero attached hydrogens (tertiary/aromatic N) is 5. The van der Waals surface area contributed by atoms with E-state index in [9.17, 15) is 4.79 Å². The summed E-state index contributed by atoms with van der Waals surface area (Å²) in [5.41, 5.74) is 2.95. The Morgan fingerprint density at radius 3 is 2.97 bits per heavy atom. The fraction of sp³-hybridized carbons (Fsp3) is 0.476. The number of carbonyl (C=O) groups excluding carboxylic acids is 1. The minimum atomic E-state index is 0.121. The third-order valence-electron chi connectivity index (χ3n) is 5.15. The fourth-order valence-electron chi connectivity index (χ4n) is 3.59. The number of anilines is 2. The molecule has 0 aromatic carbocycles. The molecule has 158 valence electrons. The summed E-state index contributed by atoms with van der Waals surface area (Å²) in [6.07, 6.45) is 3.55. The lowest BCUT2D eigenvalue weighted by atomic mass is 10.0. The van der Waals surface area contributed by atoms with E-state index in [0.717, 1.165) is 35.2 Å². The Kier molecular flexibility index (Phi) is 6.08. The Hall–Kier alpha value is -2.81. The van der Waals surface area contributed by atoms with Crippen LogP contribution in [0.25, 0.3) is 0 Å². The molecule has 1 aliphatic rings. The molecule has 3 aromatic rings. The van der Waals surface area contributed by atoms with E-state index in [4.69, 9.17) is 9.40 Å². The molecule has 0 bridgehead atoms. The monoisotopic (exact) mass is 426 g/mol. The van der Waals surface area contributed by atoms with Crippen LogP contribution in [-0.2, 0) is 11.2 Å². The maximum absolute atomic E-state index is 12.7. The number of hydrogen-bond acceptors (Lipinski definition) is 8. The summed E-state index contributed by atoms with van der Waals surface area (Å²) in [5, 5.41) is 14.2. The number of aryl methyl sites for hydroxylation is 2. The van der Waals surface area contributed by atoms with E-state index >= 15 is 0 Å². The van der Waals surface area contributed by atoms with Gasteiger partial charge in [-0.15, -0.1) is 21.5 Å². The van der Waals surface area contributed by atoms with Crippen LogP contribution in [0.3, 0.4) is 0 Å². The SMILES string of the molecule is Cc1cc(Nc2nccs2)cc(C2CCN(C(=O)CCc3nnc(C(C)C)o3)C2)n1. The molecule has 1 N–H and O–H groups in total. The number of amides is 1. The van der Waals surface area contributed by atoms with Gasteiger partial charge in [0.05, 0.1) is 0 Å². The van der Waals surface area contributed by atoms with Gasteiger partial charge in [-0.1, -0.05) is 13.8 Å². The molecule has 0 spiro atoms. The third-order valence-corrected chi connectivity index (χ3v) is 5.83. The van der Waals surface area contributed by atoms with Crippen molar-refractivity contribution in [2.45, 2.75) is 51.9 Å². The zero-order chi connectivity index (χ0) is 21.1. The number of likely N-dealkylation sites (tertiary alicyclic amines) is 1. The van der Waals surface area contributed by atoms with Gasteiger partial charge < -0.3 is 14.6 Å². The minimum absolute atomic E-state index is 0.121. The van der Waals surface area contributed by atoms with Crippen molar-refractivity contribution >= 4 is 28.1 Å². The first-order valence-corrected chi connectivity index (χ1v) is 11.1. The van der Waals surface area contributed by atoms with Crippen LogP contribution in [0.5, 0.6) is 0 Å². The van der Waals surface area contributed by atoms with Crippen molar-refractivity contribution in [1.29, 1.82) is 0 Å². The van der Waals surface area contributed by atoms with Crippen molar-refractivity contribution in [3.05, 3.63) is 46.9 Å². The first-order valence-electron chi connectivity index (χ1n) is 10.2. The lowest BCUT2D eigenvalue weighted by Crippen LogP contribution is -2.28. The van der Waals surface area contributed by atoms with Crippen LogP contribution in [0, 0.1) is 6.92 Å². The normalized spacial score (nSPS) is 16.4. The van der Waals surface area contributed by atoms with E-state index in [1.165, 1.54) is 0 Å². The smallest absolute Gasteiger partial charge is 0.223 e. The van der Waals surface area contributed by atoms with Gasteiger partial charge in [-0.25, -0.2) is 4.98 Å². The molecule has 1 unspecified atom stereocenters. The number of nitrogens with one attached hydrogen (secondary N) is 1. The number of hydrogen-bond donors (Lipinski definition) is 1. The Morgan fingerprint density at radius 1 is 1.37 bits per heavy atom. The van der Waals surface area contributed by atoms with E-state index in [-0.39, 0.29) is 17.7 Å². The molecule has 30 heavy (non-hydrogen) atoms. The molecule has 1 amide bonds. The van der Waals surface area contributed by atoms with Gasteiger partial charge in [-0.2, -0.15) is 0 Å². The molecule has 4 heterocycles. The summed E-state index contributed by atoms with van der Waals surface area (Å²) in [6.45, 7) is 7.43. The average Bonchev–Trinajstić information content (AvgIpc) is 3.46. The van der Waals surface area contributed by atoms with E-state index in [1.54, 1.807) is 17.5 Å². The van der Waals surface area contributed by atoms with Crippen molar-refractivity contribution < 1.29 is 9.21 Å². The van der Waals surface area contributed by atoms with Gasteiger partial charge in [-0.3, -0.25) is 9.78 Å². The zero-order valence-corrected chi connectivity index (χ0v) is 18.3. The van der Waals surface area contributed by atoms with E-state index in [2.05, 4.69) is 26.6 Å². The highest BCUT2D eigenvalue weighted by Crippen LogP contribution is 2.29. The van der Waals surface area contributed by atoms with Crippen LogP contribution < -0.4 is 5.32 Å². The lowest BCUT2D eigenvalue weighted by Gasteiger charge is -2.17. The highest BCUT2D eigenvalue weighted by Gasteiger charge is 2.28. The quantitative estimate of drug-likeness (QED) is 0.609.